The molecule has 8 heteroatoms. The summed E-state index contributed by atoms with van der Waals surface area (Å²) >= 11 is 6.02. The summed E-state index contributed by atoms with van der Waals surface area (Å²) in [5.74, 6) is -2.00. The molecule has 0 bridgehead atoms. The number of benzene rings is 2. The quantitative estimate of drug-likeness (QED) is 0.559. The van der Waals surface area contributed by atoms with Crippen LogP contribution in [0.1, 0.15) is 59.4 Å². The Hall–Kier alpha value is -3.16. The Kier molecular flexibility index (Phi) is 6.27. The highest BCUT2D eigenvalue weighted by Gasteiger charge is 2.62. The second-order valence-electron chi connectivity index (χ2n) is 9.34. The predicted molar refractivity (Wildman–Crippen MR) is 127 cm³/mol. The van der Waals surface area contributed by atoms with Crippen LogP contribution in [0.2, 0.25) is 5.02 Å². The van der Waals surface area contributed by atoms with E-state index in [0.717, 1.165) is 18.4 Å². The first-order valence-electron chi connectivity index (χ1n) is 11.2. The smallest absolute Gasteiger partial charge is 0.335 e. The molecule has 178 valence electrons. The van der Waals surface area contributed by atoms with Gasteiger partial charge in [-0.1, -0.05) is 29.8 Å². The molecule has 3 N–H and O–H groups in total. The molecule has 1 saturated carbocycles. The van der Waals surface area contributed by atoms with E-state index in [1.165, 1.54) is 24.3 Å². The first-order chi connectivity index (χ1) is 16.1. The van der Waals surface area contributed by atoms with Crippen LogP contribution in [0.15, 0.2) is 59.8 Å². The predicted octanol–water partition coefficient (Wildman–Crippen LogP) is 3.96. The molecule has 1 spiro atoms. The number of hydrogen-bond acceptors (Lipinski definition) is 4. The minimum absolute atomic E-state index is 0.00841. The number of aliphatic hydroxyl groups is 1. The molecule has 4 rings (SSSR count). The van der Waals surface area contributed by atoms with Gasteiger partial charge in [0.2, 0.25) is 0 Å². The van der Waals surface area contributed by atoms with Crippen LogP contribution in [-0.2, 0) is 10.4 Å². The molecule has 7 nitrogen and oxygen atoms in total. The van der Waals surface area contributed by atoms with E-state index >= 15 is 0 Å². The fourth-order valence-corrected chi connectivity index (χ4v) is 4.86. The minimum Gasteiger partial charge on any atom is -0.478 e. The monoisotopic (exact) mass is 482 g/mol. The maximum Gasteiger partial charge on any atom is 0.335 e. The Bertz CT molecular complexity index is 1180. The first-order valence-corrected chi connectivity index (χ1v) is 11.5. The van der Waals surface area contributed by atoms with E-state index in [4.69, 9.17) is 11.6 Å². The lowest BCUT2D eigenvalue weighted by atomic mass is 9.73. The van der Waals surface area contributed by atoms with Crippen LogP contribution in [0.4, 0.5) is 0 Å². The molecule has 2 aliphatic rings. The number of allylic oxidation sites excluding steroid dienone is 1. The standard InChI is InChI=1S/C26H27ClN2O5/c1-16(2)21(28-22(30)17-4-3-5-18(14-17)24(32)33)23(31)29-13-12-26(34,25(15-29)10-11-25)19-6-8-20(27)9-7-19/h3-9,14,34H,10-13,15H2,1-2H3,(H,28,30)(H,32,33). The van der Waals surface area contributed by atoms with Crippen molar-refractivity contribution in [3.63, 3.8) is 0 Å². The largest absolute Gasteiger partial charge is 0.478 e. The Morgan fingerprint density at radius 2 is 1.65 bits per heavy atom. The fourth-order valence-electron chi connectivity index (χ4n) is 4.74. The lowest BCUT2D eigenvalue weighted by Gasteiger charge is -2.46. The van der Waals surface area contributed by atoms with E-state index in [9.17, 15) is 24.6 Å². The molecule has 1 unspecified atom stereocenters. The fraction of sp³-hybridized carbons (Fsp3) is 0.346. The Morgan fingerprint density at radius 1 is 1.00 bits per heavy atom. The molecule has 2 aromatic rings. The Balaban J connectivity index is 1.52. The molecule has 2 amide bonds. The van der Waals surface area contributed by atoms with Gasteiger partial charge in [0.05, 0.1) is 11.2 Å². The van der Waals surface area contributed by atoms with Crippen molar-refractivity contribution in [1.29, 1.82) is 0 Å². The summed E-state index contributed by atoms with van der Waals surface area (Å²) in [5, 5.41) is 24.1. The van der Waals surface area contributed by atoms with Gasteiger partial charge >= 0.3 is 5.97 Å². The number of hydrogen-bond donors (Lipinski definition) is 3. The maximum absolute atomic E-state index is 13.4. The first kappa shape index (κ1) is 24.0. The number of carbonyl (C=O) groups is 3. The molecule has 1 atom stereocenters. The van der Waals surface area contributed by atoms with Crippen molar-refractivity contribution in [2.24, 2.45) is 5.41 Å². The van der Waals surface area contributed by atoms with Crippen molar-refractivity contribution in [2.45, 2.75) is 38.7 Å². The average molecular weight is 483 g/mol. The zero-order valence-corrected chi connectivity index (χ0v) is 19.9. The van der Waals surface area contributed by atoms with Gasteiger partial charge in [0, 0.05) is 29.1 Å². The van der Waals surface area contributed by atoms with E-state index in [1.807, 2.05) is 12.1 Å². The molecule has 0 radical (unpaired) electrons. The van der Waals surface area contributed by atoms with Crippen molar-refractivity contribution in [1.82, 2.24) is 10.2 Å². The number of rotatable bonds is 5. The van der Waals surface area contributed by atoms with E-state index < -0.39 is 22.9 Å². The van der Waals surface area contributed by atoms with Crippen molar-refractivity contribution >= 4 is 29.4 Å². The van der Waals surface area contributed by atoms with Crippen molar-refractivity contribution in [2.75, 3.05) is 13.1 Å². The van der Waals surface area contributed by atoms with Gasteiger partial charge in [0.25, 0.3) is 11.8 Å². The molecule has 1 aliphatic heterocycles. The van der Waals surface area contributed by atoms with Crippen LogP contribution in [0.5, 0.6) is 0 Å². The minimum atomic E-state index is -1.13. The Labute approximate surface area is 203 Å². The van der Waals surface area contributed by atoms with Crippen LogP contribution in [0, 0.1) is 5.41 Å². The topological polar surface area (TPSA) is 107 Å². The van der Waals surface area contributed by atoms with Crippen LogP contribution in [0.3, 0.4) is 0 Å². The third kappa shape index (κ3) is 4.33. The van der Waals surface area contributed by atoms with E-state index in [-0.39, 0.29) is 22.7 Å². The number of nitrogens with zero attached hydrogens (tertiary/aromatic N) is 1. The summed E-state index contributed by atoms with van der Waals surface area (Å²) < 4.78 is 0. The van der Waals surface area contributed by atoms with E-state index in [1.54, 1.807) is 30.9 Å². The highest BCUT2D eigenvalue weighted by molar-refractivity contribution is 6.30. The van der Waals surface area contributed by atoms with Crippen molar-refractivity contribution < 1.29 is 24.6 Å². The second-order valence-corrected chi connectivity index (χ2v) is 9.78. The van der Waals surface area contributed by atoms with Gasteiger partial charge < -0.3 is 20.4 Å². The number of carbonyl (C=O) groups excluding carboxylic acids is 2. The molecular weight excluding hydrogens is 456 g/mol. The summed E-state index contributed by atoms with van der Waals surface area (Å²) in [7, 11) is 0. The van der Waals surface area contributed by atoms with E-state index in [0.29, 0.717) is 30.1 Å². The Morgan fingerprint density at radius 3 is 2.24 bits per heavy atom. The molecule has 0 aromatic heterocycles. The van der Waals surface area contributed by atoms with Crippen LogP contribution < -0.4 is 5.32 Å². The van der Waals surface area contributed by atoms with Crippen molar-refractivity contribution in [3.8, 4) is 0 Å². The van der Waals surface area contributed by atoms with Gasteiger partial charge in [-0.3, -0.25) is 9.59 Å². The number of amides is 2. The summed E-state index contributed by atoms with van der Waals surface area (Å²) in [4.78, 5) is 39.2. The van der Waals surface area contributed by atoms with Crippen LogP contribution >= 0.6 is 11.6 Å². The summed E-state index contributed by atoms with van der Waals surface area (Å²) in [5.41, 5.74) is 0.276. The van der Waals surface area contributed by atoms with Gasteiger partial charge in [-0.25, -0.2) is 4.79 Å². The van der Waals surface area contributed by atoms with Gasteiger partial charge in [0.1, 0.15) is 5.70 Å². The number of carboxylic acid groups (broad SMARTS) is 1. The highest BCUT2D eigenvalue weighted by atomic mass is 35.5. The third-order valence-corrected chi connectivity index (χ3v) is 7.15. The zero-order valence-electron chi connectivity index (χ0n) is 19.1. The molecule has 1 saturated heterocycles. The number of aromatic carboxylic acids is 1. The molecule has 1 aliphatic carbocycles. The third-order valence-electron chi connectivity index (χ3n) is 6.90. The summed E-state index contributed by atoms with van der Waals surface area (Å²) in [6.07, 6.45) is 1.98. The number of piperidine rings is 1. The maximum atomic E-state index is 13.4. The lowest BCUT2D eigenvalue weighted by molar-refractivity contribution is -0.140. The number of carboxylic acids is 1. The summed E-state index contributed by atoms with van der Waals surface area (Å²) in [6, 6.07) is 12.9. The van der Waals surface area contributed by atoms with Crippen molar-refractivity contribution in [3.05, 3.63) is 81.5 Å². The summed E-state index contributed by atoms with van der Waals surface area (Å²) in [6.45, 7) is 4.19. The molecule has 1 heterocycles. The van der Waals surface area contributed by atoms with Gasteiger partial charge in [0.15, 0.2) is 0 Å². The second kappa shape index (κ2) is 8.89. The molecule has 2 aromatic carbocycles. The van der Waals surface area contributed by atoms with Crippen LogP contribution in [0.25, 0.3) is 0 Å². The SMILES string of the molecule is CC(C)=C(NC(=O)c1cccc(C(=O)O)c1)C(=O)N1CCC(O)(c2ccc(Cl)cc2)C2(CC2)C1. The van der Waals surface area contributed by atoms with Gasteiger partial charge in [-0.2, -0.15) is 0 Å². The van der Waals surface area contributed by atoms with Gasteiger partial charge in [-0.15, -0.1) is 0 Å². The number of likely N-dealkylation sites (tertiary alicyclic amines) is 1. The van der Waals surface area contributed by atoms with Gasteiger partial charge in [-0.05, 0) is 74.6 Å². The number of halogens is 1. The number of nitrogens with one attached hydrogen (secondary N) is 1. The normalized spacial score (nSPS) is 20.5. The highest BCUT2D eigenvalue weighted by Crippen LogP contribution is 2.62. The average Bonchev–Trinajstić information content (AvgIpc) is 3.59. The lowest BCUT2D eigenvalue weighted by Crippen LogP contribution is -2.54. The van der Waals surface area contributed by atoms with E-state index in [2.05, 4.69) is 5.32 Å². The zero-order chi connectivity index (χ0) is 24.7. The molecular formula is C26H27ClN2O5. The van der Waals surface area contributed by atoms with Crippen LogP contribution in [-0.4, -0.2) is 46.0 Å². The molecule has 34 heavy (non-hydrogen) atoms. The molecule has 2 fully saturated rings.